The lowest BCUT2D eigenvalue weighted by atomic mass is 10.3. The molecule has 3 nitrogen and oxygen atoms in total. The van der Waals surface area contributed by atoms with Gasteiger partial charge in [-0.05, 0) is 31.3 Å². The van der Waals surface area contributed by atoms with Crippen molar-refractivity contribution in [3.05, 3.63) is 44.1 Å². The van der Waals surface area contributed by atoms with Crippen molar-refractivity contribution in [2.45, 2.75) is 13.5 Å². The molecule has 0 saturated heterocycles. The van der Waals surface area contributed by atoms with Crippen LogP contribution in [0.15, 0.2) is 23.6 Å². The van der Waals surface area contributed by atoms with Crippen molar-refractivity contribution in [1.29, 1.82) is 0 Å². The molecule has 0 saturated carbocycles. The highest BCUT2D eigenvalue weighted by atomic mass is 35.5. The lowest BCUT2D eigenvalue weighted by molar-refractivity contribution is 0.800. The molecule has 0 amide bonds. The number of H-pyrrole nitrogens is 1. The first kappa shape index (κ1) is 11.9. The lowest BCUT2D eigenvalue weighted by Crippen LogP contribution is -1.99. The normalized spacial score (nSPS) is 11.2. The van der Waals surface area contributed by atoms with E-state index in [1.54, 1.807) is 11.3 Å². The van der Waals surface area contributed by atoms with E-state index in [1.165, 1.54) is 0 Å². The summed E-state index contributed by atoms with van der Waals surface area (Å²) >= 11 is 13.1. The summed E-state index contributed by atoms with van der Waals surface area (Å²) in [4.78, 5) is 7.61. The van der Waals surface area contributed by atoms with Crippen LogP contribution in [0.1, 0.15) is 10.7 Å². The van der Waals surface area contributed by atoms with Gasteiger partial charge in [-0.3, -0.25) is 0 Å². The molecule has 92 valence electrons. The summed E-state index contributed by atoms with van der Waals surface area (Å²) in [6, 6.07) is 5.79. The third kappa shape index (κ3) is 1.98. The van der Waals surface area contributed by atoms with Crippen molar-refractivity contribution < 1.29 is 0 Å². The predicted octanol–water partition coefficient (Wildman–Crippen LogP) is 4.17. The maximum Gasteiger partial charge on any atom is 0.178 e. The zero-order chi connectivity index (χ0) is 12.7. The van der Waals surface area contributed by atoms with Crippen LogP contribution in [0, 0.1) is 11.7 Å². The number of aromatic amines is 1. The number of hydrogen-bond donors (Lipinski definition) is 1. The van der Waals surface area contributed by atoms with E-state index in [0.29, 0.717) is 16.3 Å². The van der Waals surface area contributed by atoms with E-state index in [9.17, 15) is 0 Å². The standard InChI is InChI=1S/C12H10ClN3S2/c1-7-6-18-10(14-7)5-16-9-4-2-3-8(13)11(9)15-12(16)17/h2-4,6H,5H2,1H3,(H,15,17). The van der Waals surface area contributed by atoms with Gasteiger partial charge in [-0.15, -0.1) is 11.3 Å². The van der Waals surface area contributed by atoms with Gasteiger partial charge in [0.2, 0.25) is 0 Å². The summed E-state index contributed by atoms with van der Waals surface area (Å²) in [5, 5.41) is 3.78. The first-order valence-corrected chi connectivity index (χ1v) is 7.10. The van der Waals surface area contributed by atoms with E-state index >= 15 is 0 Å². The van der Waals surface area contributed by atoms with E-state index in [4.69, 9.17) is 23.8 Å². The van der Waals surface area contributed by atoms with Crippen LogP contribution in [-0.4, -0.2) is 14.5 Å². The Morgan fingerprint density at radius 1 is 1.50 bits per heavy atom. The molecule has 2 aromatic heterocycles. The van der Waals surface area contributed by atoms with Gasteiger partial charge in [0.15, 0.2) is 4.77 Å². The molecule has 0 unspecified atom stereocenters. The van der Waals surface area contributed by atoms with E-state index in [1.807, 2.05) is 35.1 Å². The van der Waals surface area contributed by atoms with Crippen LogP contribution in [0.25, 0.3) is 11.0 Å². The number of hydrogen-bond acceptors (Lipinski definition) is 3. The number of imidazole rings is 1. The summed E-state index contributed by atoms with van der Waals surface area (Å²) in [6.45, 7) is 2.67. The van der Waals surface area contributed by atoms with E-state index in [-0.39, 0.29) is 0 Å². The first-order valence-electron chi connectivity index (χ1n) is 5.43. The number of nitrogens with one attached hydrogen (secondary N) is 1. The maximum atomic E-state index is 6.15. The number of para-hydroxylation sites is 1. The van der Waals surface area contributed by atoms with Gasteiger partial charge in [0.25, 0.3) is 0 Å². The van der Waals surface area contributed by atoms with Gasteiger partial charge < -0.3 is 9.55 Å². The minimum absolute atomic E-state index is 0.672. The van der Waals surface area contributed by atoms with Crippen molar-refractivity contribution in [2.75, 3.05) is 0 Å². The zero-order valence-corrected chi connectivity index (χ0v) is 12.0. The fourth-order valence-corrected chi connectivity index (χ4v) is 3.15. The number of halogens is 1. The van der Waals surface area contributed by atoms with Crippen LogP contribution >= 0.6 is 35.2 Å². The SMILES string of the molecule is Cc1csc(Cn2c(=S)[nH]c3c(Cl)cccc32)n1. The van der Waals surface area contributed by atoms with Gasteiger partial charge in [0, 0.05) is 11.1 Å². The molecule has 0 radical (unpaired) electrons. The van der Waals surface area contributed by atoms with Crippen LogP contribution < -0.4 is 0 Å². The Morgan fingerprint density at radius 3 is 3.06 bits per heavy atom. The number of rotatable bonds is 2. The van der Waals surface area contributed by atoms with Gasteiger partial charge in [0.05, 0.1) is 22.6 Å². The second-order valence-electron chi connectivity index (χ2n) is 4.03. The molecule has 3 rings (SSSR count). The fourth-order valence-electron chi connectivity index (χ4n) is 1.91. The fraction of sp³-hybridized carbons (Fsp3) is 0.167. The molecule has 0 fully saturated rings. The Balaban J connectivity index is 2.14. The molecule has 0 spiro atoms. The lowest BCUT2D eigenvalue weighted by Gasteiger charge is -2.01. The van der Waals surface area contributed by atoms with Crippen molar-refractivity contribution >= 4 is 46.2 Å². The minimum atomic E-state index is 0.672. The summed E-state index contributed by atoms with van der Waals surface area (Å²) in [5.74, 6) is 0. The van der Waals surface area contributed by atoms with Crippen molar-refractivity contribution in [2.24, 2.45) is 0 Å². The predicted molar refractivity (Wildman–Crippen MR) is 78.1 cm³/mol. The molecule has 0 atom stereocenters. The third-order valence-corrected chi connectivity index (χ3v) is 4.31. The Hall–Kier alpha value is -1.17. The summed E-state index contributed by atoms with van der Waals surface area (Å²) in [5.41, 5.74) is 2.94. The monoisotopic (exact) mass is 295 g/mol. The Labute approximate surface area is 118 Å². The van der Waals surface area contributed by atoms with Gasteiger partial charge in [-0.25, -0.2) is 4.98 Å². The molecule has 18 heavy (non-hydrogen) atoms. The molecular weight excluding hydrogens is 286 g/mol. The van der Waals surface area contributed by atoms with Crippen molar-refractivity contribution in [3.63, 3.8) is 0 Å². The van der Waals surface area contributed by atoms with Gasteiger partial charge >= 0.3 is 0 Å². The highest BCUT2D eigenvalue weighted by Crippen LogP contribution is 2.23. The van der Waals surface area contributed by atoms with Crippen LogP contribution in [-0.2, 0) is 6.54 Å². The van der Waals surface area contributed by atoms with Crippen molar-refractivity contribution in [3.8, 4) is 0 Å². The molecule has 6 heteroatoms. The second-order valence-corrected chi connectivity index (χ2v) is 5.77. The average molecular weight is 296 g/mol. The Kier molecular flexibility index (Phi) is 2.97. The first-order chi connectivity index (χ1) is 8.65. The van der Waals surface area contributed by atoms with E-state index in [2.05, 4.69) is 9.97 Å². The summed E-state index contributed by atoms with van der Waals surface area (Å²) in [7, 11) is 0. The number of thiazole rings is 1. The Morgan fingerprint density at radius 2 is 2.33 bits per heavy atom. The smallest absolute Gasteiger partial charge is 0.178 e. The molecule has 0 aliphatic heterocycles. The van der Waals surface area contributed by atoms with Crippen molar-refractivity contribution in [1.82, 2.24) is 14.5 Å². The maximum absolute atomic E-state index is 6.15. The van der Waals surface area contributed by atoms with E-state index < -0.39 is 0 Å². The van der Waals surface area contributed by atoms with Gasteiger partial charge in [-0.2, -0.15) is 0 Å². The minimum Gasteiger partial charge on any atom is -0.329 e. The molecule has 1 N–H and O–H groups in total. The largest absolute Gasteiger partial charge is 0.329 e. The highest BCUT2D eigenvalue weighted by molar-refractivity contribution is 7.71. The quantitative estimate of drug-likeness (QED) is 0.720. The second kappa shape index (κ2) is 4.50. The summed E-state index contributed by atoms with van der Waals surface area (Å²) in [6.07, 6.45) is 0. The van der Waals surface area contributed by atoms with Gasteiger partial charge in [0.1, 0.15) is 5.01 Å². The molecule has 0 bridgehead atoms. The molecular formula is C12H10ClN3S2. The topological polar surface area (TPSA) is 33.6 Å². The summed E-state index contributed by atoms with van der Waals surface area (Å²) < 4.78 is 2.69. The van der Waals surface area contributed by atoms with Crippen LogP contribution in [0.2, 0.25) is 5.02 Å². The number of aromatic nitrogens is 3. The zero-order valence-electron chi connectivity index (χ0n) is 9.61. The van der Waals surface area contributed by atoms with Crippen LogP contribution in [0.3, 0.4) is 0 Å². The molecule has 0 aliphatic rings. The van der Waals surface area contributed by atoms with Crippen LogP contribution in [0.5, 0.6) is 0 Å². The molecule has 1 aromatic carbocycles. The molecule has 3 aromatic rings. The molecule has 0 aliphatic carbocycles. The third-order valence-electron chi connectivity index (χ3n) is 2.72. The number of benzene rings is 1. The number of nitrogens with zero attached hydrogens (tertiary/aromatic N) is 2. The van der Waals surface area contributed by atoms with Crippen LogP contribution in [0.4, 0.5) is 0 Å². The number of fused-ring (bicyclic) bond motifs is 1. The average Bonchev–Trinajstić information content (AvgIpc) is 2.87. The highest BCUT2D eigenvalue weighted by Gasteiger charge is 2.09. The number of aryl methyl sites for hydroxylation is 1. The molecule has 2 heterocycles. The Bertz CT molecular complexity index is 769. The van der Waals surface area contributed by atoms with Gasteiger partial charge in [-0.1, -0.05) is 17.7 Å². The van der Waals surface area contributed by atoms with E-state index in [0.717, 1.165) is 21.7 Å².